The van der Waals surface area contributed by atoms with E-state index < -0.39 is 16.0 Å². The molecule has 0 unspecified atom stereocenters. The first-order valence-electron chi connectivity index (χ1n) is 3.73. The van der Waals surface area contributed by atoms with Crippen molar-refractivity contribution < 1.29 is 13.0 Å². The minimum atomic E-state index is -3.95. The quantitative estimate of drug-likeness (QED) is 0.590. The summed E-state index contributed by atoms with van der Waals surface area (Å²) in [5, 5.41) is 2.59. The van der Waals surface area contributed by atoms with Crippen LogP contribution in [0.15, 0.2) is 24.3 Å². The van der Waals surface area contributed by atoms with Gasteiger partial charge in [0.05, 0.1) is 0 Å². The fourth-order valence-corrected chi connectivity index (χ4v) is 1.28. The maximum Gasteiger partial charge on any atom is 0.283 e. The van der Waals surface area contributed by atoms with Gasteiger partial charge in [0.1, 0.15) is 5.88 Å². The molecule has 0 bridgehead atoms. The molecule has 2 N–H and O–H groups in total. The first-order chi connectivity index (χ1) is 5.97. The summed E-state index contributed by atoms with van der Waals surface area (Å²) in [6, 6.07) is 7.24. The normalized spacial score (nSPS) is 10.4. The minimum Gasteiger partial charge on any atom is -0.370 e. The Morgan fingerprint density at radius 1 is 1.43 bits per heavy atom. The van der Waals surface area contributed by atoms with E-state index in [-0.39, 0.29) is 29.6 Å². The van der Waals surface area contributed by atoms with Gasteiger partial charge in [-0.15, -0.1) is 0 Å². The second-order valence-corrected chi connectivity index (χ2v) is 4.23. The Kier molecular flexibility index (Phi) is 5.70. The molecule has 0 aliphatic carbocycles. The van der Waals surface area contributed by atoms with Gasteiger partial charge in [0.2, 0.25) is 0 Å². The first-order valence-corrected chi connectivity index (χ1v) is 5.34. The molecule has 1 aromatic rings. The van der Waals surface area contributed by atoms with Crippen molar-refractivity contribution in [1.29, 1.82) is 0 Å². The molecule has 6 heteroatoms. The minimum absolute atomic E-state index is 0. The molecule has 0 spiro atoms. The van der Waals surface area contributed by atoms with E-state index in [4.69, 9.17) is 4.55 Å². The molecule has 1 aromatic carbocycles. The van der Waals surface area contributed by atoms with Crippen molar-refractivity contribution in [2.45, 2.75) is 6.92 Å². The van der Waals surface area contributed by atoms with Crippen LogP contribution in [0.25, 0.3) is 0 Å². The number of aryl methyl sites for hydroxylation is 1. The summed E-state index contributed by atoms with van der Waals surface area (Å²) in [6.45, 7) is 1.90. The Balaban J connectivity index is 0.00000169. The Morgan fingerprint density at radius 3 is 2.57 bits per heavy atom. The van der Waals surface area contributed by atoms with Crippen molar-refractivity contribution in [3.8, 4) is 0 Å². The maximum absolute atomic E-state index is 10.4. The van der Waals surface area contributed by atoms with Gasteiger partial charge >= 0.3 is 0 Å². The number of rotatable bonds is 3. The predicted molar refractivity (Wildman–Crippen MR) is 57.0 cm³/mol. The van der Waals surface area contributed by atoms with Gasteiger partial charge in [0.15, 0.2) is 0 Å². The molecule has 0 fully saturated rings. The van der Waals surface area contributed by atoms with Crippen LogP contribution in [-0.4, -0.2) is 48.4 Å². The van der Waals surface area contributed by atoms with E-state index >= 15 is 0 Å². The summed E-state index contributed by atoms with van der Waals surface area (Å²) in [5.74, 6) is -0.462. The average molecular weight is 224 g/mol. The molecule has 4 nitrogen and oxygen atoms in total. The zero-order valence-electron chi connectivity index (χ0n) is 8.19. The second-order valence-electron chi connectivity index (χ2n) is 2.77. The van der Waals surface area contributed by atoms with Crippen molar-refractivity contribution in [3.05, 3.63) is 29.8 Å². The van der Waals surface area contributed by atoms with E-state index in [1.54, 1.807) is 12.1 Å². The molecule has 0 saturated carbocycles. The summed E-state index contributed by atoms with van der Waals surface area (Å²) in [6.07, 6.45) is 0. The van der Waals surface area contributed by atoms with Gasteiger partial charge in [-0.2, -0.15) is 8.42 Å². The Morgan fingerprint density at radius 2 is 2.07 bits per heavy atom. The van der Waals surface area contributed by atoms with Crippen molar-refractivity contribution >= 4 is 45.4 Å². The van der Waals surface area contributed by atoms with Gasteiger partial charge in [-0.05, 0) is 24.6 Å². The zero-order valence-corrected chi connectivity index (χ0v) is 11.0. The van der Waals surface area contributed by atoms with Crippen LogP contribution in [0.2, 0.25) is 0 Å². The van der Waals surface area contributed by atoms with E-state index in [1.807, 2.05) is 19.1 Å². The third-order valence-corrected chi connectivity index (χ3v) is 1.99. The monoisotopic (exact) mass is 224 g/mol. The molecule has 73 valence electrons. The fraction of sp³-hybridized carbons (Fsp3) is 0.250. The van der Waals surface area contributed by atoms with Gasteiger partial charge in [-0.3, -0.25) is 4.55 Å². The van der Waals surface area contributed by atoms with Crippen LogP contribution >= 0.6 is 0 Å². The van der Waals surface area contributed by atoms with Gasteiger partial charge in [-0.25, -0.2) is 0 Å². The van der Waals surface area contributed by atoms with Crippen LogP contribution in [0.1, 0.15) is 5.56 Å². The van der Waals surface area contributed by atoms with Crippen LogP contribution in [-0.2, 0) is 10.1 Å². The fourth-order valence-electron chi connectivity index (χ4n) is 0.930. The second kappa shape index (κ2) is 5.72. The molecule has 0 aliphatic heterocycles. The summed E-state index contributed by atoms with van der Waals surface area (Å²) in [4.78, 5) is 0. The SMILES string of the molecule is Cc1cccc(NCS(=O)(=O)O)c1.[Na]. The number of nitrogens with one attached hydrogen (secondary N) is 1. The van der Waals surface area contributed by atoms with E-state index in [0.717, 1.165) is 5.56 Å². The van der Waals surface area contributed by atoms with Crippen molar-refractivity contribution in [2.75, 3.05) is 11.2 Å². The maximum atomic E-state index is 10.4. The summed E-state index contributed by atoms with van der Waals surface area (Å²) < 4.78 is 29.2. The Labute approximate surface area is 106 Å². The molecule has 0 atom stereocenters. The average Bonchev–Trinajstić information content (AvgIpc) is 2.00. The van der Waals surface area contributed by atoms with E-state index in [9.17, 15) is 8.42 Å². The molecule has 1 radical (unpaired) electrons. The van der Waals surface area contributed by atoms with E-state index in [2.05, 4.69) is 5.32 Å². The van der Waals surface area contributed by atoms with Crippen LogP contribution < -0.4 is 5.32 Å². The topological polar surface area (TPSA) is 66.4 Å². The molecule has 14 heavy (non-hydrogen) atoms. The summed E-state index contributed by atoms with van der Waals surface area (Å²) >= 11 is 0. The number of anilines is 1. The third-order valence-electron chi connectivity index (χ3n) is 1.48. The van der Waals surface area contributed by atoms with Crippen LogP contribution in [0.3, 0.4) is 0 Å². The molecule has 0 saturated heterocycles. The van der Waals surface area contributed by atoms with Crippen molar-refractivity contribution in [1.82, 2.24) is 0 Å². The Hall–Kier alpha value is -0.0700. The third kappa shape index (κ3) is 5.62. The van der Waals surface area contributed by atoms with E-state index in [0.29, 0.717) is 5.69 Å². The molecule has 1 rings (SSSR count). The Bertz CT molecular complexity index is 391. The standard InChI is InChI=1S/C8H11NO3S.Na/c1-7-3-2-4-8(5-7)9-6-13(10,11)12;/h2-5,9H,6H2,1H3,(H,10,11,12);. The first kappa shape index (κ1) is 13.9. The van der Waals surface area contributed by atoms with Crippen molar-refractivity contribution in [3.63, 3.8) is 0 Å². The molecule has 0 aromatic heterocycles. The molecular formula is C8H11NNaO3S. The summed E-state index contributed by atoms with van der Waals surface area (Å²) in [7, 11) is -3.95. The van der Waals surface area contributed by atoms with Gasteiger partial charge < -0.3 is 5.32 Å². The smallest absolute Gasteiger partial charge is 0.283 e. The molecule has 0 aliphatic rings. The van der Waals surface area contributed by atoms with Gasteiger partial charge in [-0.1, -0.05) is 12.1 Å². The van der Waals surface area contributed by atoms with Crippen LogP contribution in [0.4, 0.5) is 5.69 Å². The number of hydrogen-bond acceptors (Lipinski definition) is 3. The molecule has 0 amide bonds. The number of benzene rings is 1. The van der Waals surface area contributed by atoms with Crippen LogP contribution in [0.5, 0.6) is 0 Å². The van der Waals surface area contributed by atoms with Crippen LogP contribution in [0, 0.1) is 6.92 Å². The molecule has 0 heterocycles. The molecular weight excluding hydrogens is 213 g/mol. The number of hydrogen-bond donors (Lipinski definition) is 2. The zero-order chi connectivity index (χ0) is 9.90. The van der Waals surface area contributed by atoms with Gasteiger partial charge in [0, 0.05) is 35.2 Å². The van der Waals surface area contributed by atoms with Gasteiger partial charge in [0.25, 0.3) is 10.1 Å². The van der Waals surface area contributed by atoms with E-state index in [1.165, 1.54) is 0 Å². The predicted octanol–water partition coefficient (Wildman–Crippen LogP) is 0.871. The summed E-state index contributed by atoms with van der Waals surface area (Å²) in [5.41, 5.74) is 1.71. The van der Waals surface area contributed by atoms with Crippen molar-refractivity contribution in [2.24, 2.45) is 0 Å². The largest absolute Gasteiger partial charge is 0.370 e.